The SMILES string of the molecule is CCNC(=NCc1nncn1C)NC(C)Cc1ccc(C)s1. The molecule has 0 radical (unpaired) electrons. The third-order valence-corrected chi connectivity index (χ3v) is 4.24. The smallest absolute Gasteiger partial charge is 0.191 e. The van der Waals surface area contributed by atoms with Crippen LogP contribution in [-0.2, 0) is 20.0 Å². The Balaban J connectivity index is 1.93. The van der Waals surface area contributed by atoms with Gasteiger partial charge in [-0.3, -0.25) is 0 Å². The summed E-state index contributed by atoms with van der Waals surface area (Å²) in [7, 11) is 1.92. The summed E-state index contributed by atoms with van der Waals surface area (Å²) in [5, 5.41) is 14.6. The zero-order chi connectivity index (χ0) is 15.9. The zero-order valence-corrected chi connectivity index (χ0v) is 14.4. The van der Waals surface area contributed by atoms with Gasteiger partial charge in [0, 0.05) is 35.8 Å². The van der Waals surface area contributed by atoms with E-state index in [4.69, 9.17) is 0 Å². The molecule has 0 aliphatic rings. The lowest BCUT2D eigenvalue weighted by atomic mass is 10.2. The molecule has 120 valence electrons. The van der Waals surface area contributed by atoms with Gasteiger partial charge in [-0.1, -0.05) is 0 Å². The van der Waals surface area contributed by atoms with E-state index < -0.39 is 0 Å². The maximum absolute atomic E-state index is 4.58. The summed E-state index contributed by atoms with van der Waals surface area (Å²) in [4.78, 5) is 7.32. The van der Waals surface area contributed by atoms with Gasteiger partial charge >= 0.3 is 0 Å². The van der Waals surface area contributed by atoms with E-state index in [1.54, 1.807) is 6.33 Å². The maximum atomic E-state index is 4.58. The third-order valence-electron chi connectivity index (χ3n) is 3.21. The maximum Gasteiger partial charge on any atom is 0.191 e. The van der Waals surface area contributed by atoms with E-state index >= 15 is 0 Å². The van der Waals surface area contributed by atoms with E-state index in [2.05, 4.69) is 58.7 Å². The van der Waals surface area contributed by atoms with Gasteiger partial charge in [0.25, 0.3) is 0 Å². The second-order valence-corrected chi connectivity index (χ2v) is 6.69. The van der Waals surface area contributed by atoms with Crippen LogP contribution in [0.5, 0.6) is 0 Å². The van der Waals surface area contributed by atoms with E-state index in [1.807, 2.05) is 23.0 Å². The first kappa shape index (κ1) is 16.5. The number of aliphatic imine (C=N–C) groups is 1. The number of aryl methyl sites for hydroxylation is 2. The highest BCUT2D eigenvalue weighted by molar-refractivity contribution is 7.11. The van der Waals surface area contributed by atoms with Crippen molar-refractivity contribution in [1.29, 1.82) is 0 Å². The first-order valence-electron chi connectivity index (χ1n) is 7.51. The van der Waals surface area contributed by atoms with Crippen molar-refractivity contribution in [3.63, 3.8) is 0 Å². The van der Waals surface area contributed by atoms with Crippen LogP contribution in [0, 0.1) is 6.92 Å². The normalized spacial score (nSPS) is 13.2. The Morgan fingerprint density at radius 3 is 2.86 bits per heavy atom. The Hall–Kier alpha value is -1.89. The van der Waals surface area contributed by atoms with Gasteiger partial charge in [0.05, 0.1) is 0 Å². The van der Waals surface area contributed by atoms with Gasteiger partial charge in [-0.15, -0.1) is 21.5 Å². The zero-order valence-electron chi connectivity index (χ0n) is 13.6. The van der Waals surface area contributed by atoms with Gasteiger partial charge in [-0.05, 0) is 32.9 Å². The molecule has 0 bridgehead atoms. The number of rotatable bonds is 6. The molecule has 0 aliphatic heterocycles. The fraction of sp³-hybridized carbons (Fsp3) is 0.533. The molecule has 1 unspecified atom stereocenters. The summed E-state index contributed by atoms with van der Waals surface area (Å²) in [6.45, 7) is 7.71. The lowest BCUT2D eigenvalue weighted by molar-refractivity contribution is 0.643. The molecule has 7 heteroatoms. The summed E-state index contributed by atoms with van der Waals surface area (Å²) >= 11 is 1.85. The molecule has 0 fully saturated rings. The van der Waals surface area contributed by atoms with Crippen LogP contribution in [0.2, 0.25) is 0 Å². The van der Waals surface area contributed by atoms with E-state index in [1.165, 1.54) is 9.75 Å². The number of guanidine groups is 1. The molecule has 2 N–H and O–H groups in total. The van der Waals surface area contributed by atoms with E-state index in [0.29, 0.717) is 12.6 Å². The first-order valence-corrected chi connectivity index (χ1v) is 8.33. The number of aromatic nitrogens is 3. The minimum absolute atomic E-state index is 0.315. The van der Waals surface area contributed by atoms with Crippen LogP contribution >= 0.6 is 11.3 Å². The Morgan fingerprint density at radius 2 is 2.27 bits per heavy atom. The minimum atomic E-state index is 0.315. The number of hydrogen-bond acceptors (Lipinski definition) is 4. The van der Waals surface area contributed by atoms with Gasteiger partial charge in [0.1, 0.15) is 12.9 Å². The highest BCUT2D eigenvalue weighted by Crippen LogP contribution is 2.16. The van der Waals surface area contributed by atoms with Crippen LogP contribution < -0.4 is 10.6 Å². The van der Waals surface area contributed by atoms with E-state index in [9.17, 15) is 0 Å². The molecular weight excluding hydrogens is 296 g/mol. The molecule has 0 saturated heterocycles. The highest BCUT2D eigenvalue weighted by Gasteiger charge is 2.08. The number of thiophene rings is 1. The molecule has 0 amide bonds. The molecule has 0 spiro atoms. The van der Waals surface area contributed by atoms with Crippen LogP contribution in [0.15, 0.2) is 23.5 Å². The Morgan fingerprint density at radius 1 is 1.45 bits per heavy atom. The molecule has 2 heterocycles. The topological polar surface area (TPSA) is 67.1 Å². The van der Waals surface area contributed by atoms with Gasteiger partial charge in [-0.25, -0.2) is 4.99 Å². The summed E-state index contributed by atoms with van der Waals surface area (Å²) in [5.74, 6) is 1.66. The Bertz CT molecular complexity index is 615. The van der Waals surface area contributed by atoms with Crippen LogP contribution in [0.4, 0.5) is 0 Å². The average molecular weight is 320 g/mol. The van der Waals surface area contributed by atoms with Gasteiger partial charge in [0.15, 0.2) is 11.8 Å². The van der Waals surface area contributed by atoms with Crippen LogP contribution in [0.25, 0.3) is 0 Å². The van der Waals surface area contributed by atoms with E-state index in [0.717, 1.165) is 24.7 Å². The van der Waals surface area contributed by atoms with Crippen molar-refractivity contribution in [3.8, 4) is 0 Å². The van der Waals surface area contributed by atoms with Crippen molar-refractivity contribution in [2.45, 2.75) is 39.8 Å². The highest BCUT2D eigenvalue weighted by atomic mass is 32.1. The fourth-order valence-electron chi connectivity index (χ4n) is 2.10. The molecule has 2 rings (SSSR count). The summed E-state index contributed by atoms with van der Waals surface area (Å²) < 4.78 is 1.88. The standard InChI is InChI=1S/C15H24N6S/c1-5-16-15(17-9-14-20-18-10-21(14)4)19-11(2)8-13-7-6-12(3)22-13/h6-7,10-11H,5,8-9H2,1-4H3,(H2,16,17,19). The quantitative estimate of drug-likeness (QED) is 0.630. The van der Waals surface area contributed by atoms with Crippen molar-refractivity contribution in [3.05, 3.63) is 34.0 Å². The van der Waals surface area contributed by atoms with Crippen LogP contribution in [-0.4, -0.2) is 33.3 Å². The van der Waals surface area contributed by atoms with Crippen molar-refractivity contribution in [1.82, 2.24) is 25.4 Å². The first-order chi connectivity index (χ1) is 10.6. The molecule has 2 aromatic heterocycles. The third kappa shape index (κ3) is 4.84. The van der Waals surface area contributed by atoms with Crippen LogP contribution in [0.3, 0.4) is 0 Å². The van der Waals surface area contributed by atoms with Gasteiger partial charge < -0.3 is 15.2 Å². The summed E-state index contributed by atoms with van der Waals surface area (Å²) in [6, 6.07) is 4.68. The second kappa shape index (κ2) is 7.93. The largest absolute Gasteiger partial charge is 0.357 e. The molecule has 0 aliphatic carbocycles. The lowest BCUT2D eigenvalue weighted by Gasteiger charge is -2.17. The molecular formula is C15H24N6S. The molecule has 0 aromatic carbocycles. The Labute approximate surface area is 135 Å². The lowest BCUT2D eigenvalue weighted by Crippen LogP contribution is -2.43. The number of hydrogen-bond donors (Lipinski definition) is 2. The minimum Gasteiger partial charge on any atom is -0.357 e. The molecule has 22 heavy (non-hydrogen) atoms. The molecule has 0 saturated carbocycles. The predicted molar refractivity (Wildman–Crippen MR) is 91.2 cm³/mol. The van der Waals surface area contributed by atoms with Crippen molar-refractivity contribution in [2.75, 3.05) is 6.54 Å². The average Bonchev–Trinajstić information content (AvgIpc) is 3.05. The summed E-state index contributed by atoms with van der Waals surface area (Å²) in [5.41, 5.74) is 0. The van der Waals surface area contributed by atoms with Gasteiger partial charge in [-0.2, -0.15) is 0 Å². The predicted octanol–water partition coefficient (Wildman–Crippen LogP) is 1.87. The number of nitrogens with one attached hydrogen (secondary N) is 2. The van der Waals surface area contributed by atoms with Crippen molar-refractivity contribution < 1.29 is 0 Å². The number of nitrogens with zero attached hydrogens (tertiary/aromatic N) is 4. The fourth-order valence-corrected chi connectivity index (χ4v) is 3.12. The van der Waals surface area contributed by atoms with E-state index in [-0.39, 0.29) is 0 Å². The monoisotopic (exact) mass is 320 g/mol. The van der Waals surface area contributed by atoms with Crippen LogP contribution in [0.1, 0.15) is 29.4 Å². The summed E-state index contributed by atoms with van der Waals surface area (Å²) in [6.07, 6.45) is 2.68. The van der Waals surface area contributed by atoms with Gasteiger partial charge in [0.2, 0.25) is 0 Å². The molecule has 6 nitrogen and oxygen atoms in total. The Kier molecular flexibility index (Phi) is 5.94. The molecule has 1 atom stereocenters. The second-order valence-electron chi connectivity index (χ2n) is 5.32. The van der Waals surface area contributed by atoms with Crippen molar-refractivity contribution >= 4 is 17.3 Å². The van der Waals surface area contributed by atoms with Crippen molar-refractivity contribution in [2.24, 2.45) is 12.0 Å². The molecule has 2 aromatic rings.